The molecule has 0 saturated heterocycles. The number of carbonyl (C=O) groups is 3. The Morgan fingerprint density at radius 1 is 0.744 bits per heavy atom. The van der Waals surface area contributed by atoms with E-state index < -0.39 is 17.6 Å². The van der Waals surface area contributed by atoms with Crippen LogP contribution in [0, 0.1) is 5.82 Å². The fourth-order valence-corrected chi connectivity index (χ4v) is 4.98. The summed E-state index contributed by atoms with van der Waals surface area (Å²) in [6.07, 6.45) is 1.00. The Hall–Kier alpha value is -4.69. The van der Waals surface area contributed by atoms with Gasteiger partial charge in [-0.05, 0) is 72.6 Å². The van der Waals surface area contributed by atoms with Crippen LogP contribution in [0.2, 0.25) is 0 Å². The topological polar surface area (TPSA) is 78.5 Å². The molecule has 0 aliphatic carbocycles. The van der Waals surface area contributed by atoms with Crippen LogP contribution in [-0.2, 0) is 20.8 Å². The number of benzene rings is 4. The minimum Gasteiger partial charge on any atom is -0.350 e. The third kappa shape index (κ3) is 6.25. The van der Waals surface area contributed by atoms with E-state index in [1.165, 1.54) is 24.3 Å². The number of nitrogens with one attached hydrogen (secondary N) is 2. The number of hydrogen-bond acceptors (Lipinski definition) is 5. The molecular formula is C31H24FN3O3S. The number of thioether (sulfide) groups is 1. The first-order chi connectivity index (χ1) is 19.0. The van der Waals surface area contributed by atoms with Gasteiger partial charge < -0.3 is 10.6 Å². The van der Waals surface area contributed by atoms with Gasteiger partial charge in [-0.3, -0.25) is 14.4 Å². The number of halogens is 1. The Morgan fingerprint density at radius 2 is 1.38 bits per heavy atom. The summed E-state index contributed by atoms with van der Waals surface area (Å²) in [5, 5.41) is 5.97. The Balaban J connectivity index is 1.32. The SMILES string of the molecule is O=C(CCc1ccccc1)Nc1ccc(SC2=C(Nc3ccccc3)C(=O)N(c3ccc(F)cc3)C2=O)cc1. The molecule has 0 aromatic heterocycles. The number of hydrogen-bond donors (Lipinski definition) is 2. The van der Waals surface area contributed by atoms with Gasteiger partial charge in [0.05, 0.1) is 5.69 Å². The maximum atomic E-state index is 13.5. The summed E-state index contributed by atoms with van der Waals surface area (Å²) < 4.78 is 13.5. The molecule has 8 heteroatoms. The molecule has 0 atom stereocenters. The summed E-state index contributed by atoms with van der Waals surface area (Å²) in [5.74, 6) is -1.59. The molecule has 194 valence electrons. The van der Waals surface area contributed by atoms with Crippen LogP contribution in [0.4, 0.5) is 21.5 Å². The summed E-state index contributed by atoms with van der Waals surface area (Å²) in [5.41, 5.74) is 2.80. The maximum absolute atomic E-state index is 13.5. The van der Waals surface area contributed by atoms with E-state index in [1.54, 1.807) is 36.4 Å². The molecule has 4 aromatic rings. The van der Waals surface area contributed by atoms with E-state index in [2.05, 4.69) is 10.6 Å². The van der Waals surface area contributed by atoms with Crippen LogP contribution < -0.4 is 15.5 Å². The zero-order valence-electron chi connectivity index (χ0n) is 20.8. The number of imide groups is 1. The summed E-state index contributed by atoms with van der Waals surface area (Å²) in [4.78, 5) is 41.2. The molecular weight excluding hydrogens is 513 g/mol. The zero-order chi connectivity index (χ0) is 27.2. The molecule has 1 aliphatic heterocycles. The molecule has 6 nitrogen and oxygen atoms in total. The van der Waals surface area contributed by atoms with Gasteiger partial charge in [0.2, 0.25) is 5.91 Å². The molecule has 0 unspecified atom stereocenters. The number of para-hydroxylation sites is 1. The standard InChI is InChI=1S/C31H24FN3O3S/c32-22-12-16-25(17-13-22)35-30(37)28(34-23-9-5-2-6-10-23)29(31(35)38)39-26-18-14-24(15-19-26)33-27(36)20-11-21-7-3-1-4-8-21/h1-10,12-19,34H,11,20H2,(H,33,36). The molecule has 0 spiro atoms. The zero-order valence-corrected chi connectivity index (χ0v) is 21.6. The number of aryl methyl sites for hydroxylation is 1. The third-order valence-electron chi connectivity index (χ3n) is 6.01. The third-order valence-corrected chi connectivity index (χ3v) is 7.10. The molecule has 4 aromatic carbocycles. The van der Waals surface area contributed by atoms with Crippen LogP contribution in [0.1, 0.15) is 12.0 Å². The van der Waals surface area contributed by atoms with E-state index in [9.17, 15) is 18.8 Å². The molecule has 0 fully saturated rings. The number of carbonyl (C=O) groups excluding carboxylic acids is 3. The highest BCUT2D eigenvalue weighted by molar-refractivity contribution is 8.04. The first-order valence-electron chi connectivity index (χ1n) is 12.3. The van der Waals surface area contributed by atoms with Crippen molar-refractivity contribution in [2.45, 2.75) is 17.7 Å². The van der Waals surface area contributed by atoms with E-state index in [1.807, 2.05) is 48.5 Å². The van der Waals surface area contributed by atoms with Gasteiger partial charge in [-0.2, -0.15) is 0 Å². The van der Waals surface area contributed by atoms with Crippen molar-refractivity contribution in [3.05, 3.63) is 131 Å². The first-order valence-corrected chi connectivity index (χ1v) is 13.1. The second kappa shape index (κ2) is 11.8. The van der Waals surface area contributed by atoms with Gasteiger partial charge in [-0.15, -0.1) is 0 Å². The van der Waals surface area contributed by atoms with Crippen LogP contribution in [0.3, 0.4) is 0 Å². The van der Waals surface area contributed by atoms with Crippen LogP contribution in [0.15, 0.2) is 125 Å². The quantitative estimate of drug-likeness (QED) is 0.242. The highest BCUT2D eigenvalue weighted by Crippen LogP contribution is 2.38. The number of rotatable bonds is 9. The fraction of sp³-hybridized carbons (Fsp3) is 0.0645. The van der Waals surface area contributed by atoms with Gasteiger partial charge in [0, 0.05) is 22.7 Å². The Labute approximate surface area is 229 Å². The van der Waals surface area contributed by atoms with Gasteiger partial charge in [-0.1, -0.05) is 60.3 Å². The van der Waals surface area contributed by atoms with Crippen molar-refractivity contribution in [1.29, 1.82) is 0 Å². The second-order valence-electron chi connectivity index (χ2n) is 8.78. The van der Waals surface area contributed by atoms with E-state index in [4.69, 9.17) is 0 Å². The average molecular weight is 538 g/mol. The molecule has 1 aliphatic rings. The lowest BCUT2D eigenvalue weighted by Crippen LogP contribution is -2.32. The van der Waals surface area contributed by atoms with Crippen molar-refractivity contribution >= 4 is 46.5 Å². The van der Waals surface area contributed by atoms with Crippen molar-refractivity contribution in [2.75, 3.05) is 15.5 Å². The monoisotopic (exact) mass is 537 g/mol. The van der Waals surface area contributed by atoms with E-state index >= 15 is 0 Å². The Bertz CT molecular complexity index is 1520. The molecule has 1 heterocycles. The van der Waals surface area contributed by atoms with Gasteiger partial charge in [0.1, 0.15) is 16.4 Å². The number of amides is 3. The van der Waals surface area contributed by atoms with Crippen LogP contribution in [0.5, 0.6) is 0 Å². The molecule has 39 heavy (non-hydrogen) atoms. The molecule has 5 rings (SSSR count). The summed E-state index contributed by atoms with van der Waals surface area (Å²) in [7, 11) is 0. The lowest BCUT2D eigenvalue weighted by Gasteiger charge is -2.15. The van der Waals surface area contributed by atoms with E-state index in [0.29, 0.717) is 29.1 Å². The molecule has 0 bridgehead atoms. The van der Waals surface area contributed by atoms with E-state index in [0.717, 1.165) is 22.2 Å². The largest absolute Gasteiger partial charge is 0.350 e. The van der Waals surface area contributed by atoms with Gasteiger partial charge in [0.15, 0.2) is 0 Å². The van der Waals surface area contributed by atoms with Crippen LogP contribution in [0.25, 0.3) is 0 Å². The minimum atomic E-state index is -0.528. The van der Waals surface area contributed by atoms with Crippen molar-refractivity contribution in [2.24, 2.45) is 0 Å². The molecule has 3 amide bonds. The lowest BCUT2D eigenvalue weighted by atomic mass is 10.1. The molecule has 2 N–H and O–H groups in total. The van der Waals surface area contributed by atoms with Crippen molar-refractivity contribution in [3.8, 4) is 0 Å². The molecule has 0 radical (unpaired) electrons. The van der Waals surface area contributed by atoms with Crippen molar-refractivity contribution in [3.63, 3.8) is 0 Å². The average Bonchev–Trinajstić information content (AvgIpc) is 3.18. The van der Waals surface area contributed by atoms with E-state index in [-0.39, 0.29) is 22.2 Å². The predicted molar refractivity (Wildman–Crippen MR) is 152 cm³/mol. The highest BCUT2D eigenvalue weighted by atomic mass is 32.2. The van der Waals surface area contributed by atoms with Crippen molar-refractivity contribution < 1.29 is 18.8 Å². The summed E-state index contributed by atoms with van der Waals surface area (Å²) in [6, 6.07) is 31.2. The van der Waals surface area contributed by atoms with Crippen LogP contribution in [-0.4, -0.2) is 17.7 Å². The van der Waals surface area contributed by atoms with Crippen LogP contribution >= 0.6 is 11.8 Å². The highest BCUT2D eigenvalue weighted by Gasteiger charge is 2.40. The molecule has 0 saturated carbocycles. The smallest absolute Gasteiger partial charge is 0.283 e. The Morgan fingerprint density at radius 3 is 2.05 bits per heavy atom. The first kappa shape index (κ1) is 25.9. The van der Waals surface area contributed by atoms with Gasteiger partial charge in [0.25, 0.3) is 11.8 Å². The van der Waals surface area contributed by atoms with Gasteiger partial charge in [-0.25, -0.2) is 9.29 Å². The summed E-state index contributed by atoms with van der Waals surface area (Å²) >= 11 is 1.15. The number of anilines is 3. The number of nitrogens with zero attached hydrogens (tertiary/aromatic N) is 1. The lowest BCUT2D eigenvalue weighted by molar-refractivity contribution is -0.120. The van der Waals surface area contributed by atoms with Crippen molar-refractivity contribution in [1.82, 2.24) is 0 Å². The Kier molecular flexibility index (Phi) is 7.84. The predicted octanol–water partition coefficient (Wildman–Crippen LogP) is 6.39. The summed E-state index contributed by atoms with van der Waals surface area (Å²) in [6.45, 7) is 0. The normalized spacial score (nSPS) is 13.1. The fourth-order valence-electron chi connectivity index (χ4n) is 4.06. The maximum Gasteiger partial charge on any atom is 0.283 e. The minimum absolute atomic E-state index is 0.0946. The van der Waals surface area contributed by atoms with Gasteiger partial charge >= 0.3 is 0 Å². The second-order valence-corrected chi connectivity index (χ2v) is 9.86.